The minimum absolute atomic E-state index is 0.253. The Hall–Kier alpha value is -4.69. The van der Waals surface area contributed by atoms with Gasteiger partial charge in [0, 0.05) is 36.0 Å². The molecule has 6 nitrogen and oxygen atoms in total. The molecule has 0 spiro atoms. The van der Waals surface area contributed by atoms with Gasteiger partial charge in [-0.2, -0.15) is 4.39 Å². The fraction of sp³-hybridized carbons (Fsp3) is 0.182. The first-order valence-electron chi connectivity index (χ1n) is 13.8. The summed E-state index contributed by atoms with van der Waals surface area (Å²) in [6.45, 7) is 2.75. The standard InChI is InChI=1S/C33H28F2N6/c34-25-10-11-28-29(18-25)39-32(38-28)24-12-16-41(17-13-24)20-21-6-8-23(9-7-21)30-26(22-4-2-1-3-5-22)19-27(31(35)40-30)33-36-14-15-37-33/h1-11,14-15,18-19,24H,12-13,16-17,20H2,(H,36,37)(H,38,39). The number of nitrogens with zero attached hydrogens (tertiary/aromatic N) is 4. The number of fused-ring (bicyclic) bond motifs is 1. The maximum atomic E-state index is 15.2. The van der Waals surface area contributed by atoms with E-state index in [-0.39, 0.29) is 5.82 Å². The number of pyridine rings is 1. The molecule has 204 valence electrons. The molecule has 0 atom stereocenters. The molecule has 41 heavy (non-hydrogen) atoms. The van der Waals surface area contributed by atoms with Crippen LogP contribution in [0.25, 0.3) is 44.8 Å². The number of piperidine rings is 1. The summed E-state index contributed by atoms with van der Waals surface area (Å²) in [6.07, 6.45) is 5.26. The number of halogens is 2. The van der Waals surface area contributed by atoms with E-state index in [0.29, 0.717) is 23.0 Å². The van der Waals surface area contributed by atoms with Gasteiger partial charge in [-0.25, -0.2) is 19.3 Å². The fourth-order valence-electron chi connectivity index (χ4n) is 5.71. The van der Waals surface area contributed by atoms with Gasteiger partial charge in [-0.15, -0.1) is 0 Å². The second-order valence-corrected chi connectivity index (χ2v) is 10.6. The highest BCUT2D eigenvalue weighted by molar-refractivity contribution is 5.83. The highest BCUT2D eigenvalue weighted by Crippen LogP contribution is 2.35. The number of likely N-dealkylation sites (tertiary alicyclic amines) is 1. The number of imidazole rings is 2. The molecule has 7 rings (SSSR count). The minimum atomic E-state index is -0.559. The highest BCUT2D eigenvalue weighted by atomic mass is 19.1. The van der Waals surface area contributed by atoms with Crippen molar-refractivity contribution in [3.8, 4) is 33.8 Å². The zero-order valence-electron chi connectivity index (χ0n) is 22.3. The molecular formula is C33H28F2N6. The normalized spacial score (nSPS) is 14.6. The summed E-state index contributed by atoms with van der Waals surface area (Å²) >= 11 is 0. The minimum Gasteiger partial charge on any atom is -0.344 e. The van der Waals surface area contributed by atoms with E-state index >= 15 is 4.39 Å². The van der Waals surface area contributed by atoms with Crippen LogP contribution in [0.5, 0.6) is 0 Å². The average molecular weight is 547 g/mol. The smallest absolute Gasteiger partial charge is 0.224 e. The molecule has 4 heterocycles. The van der Waals surface area contributed by atoms with Gasteiger partial charge in [0.15, 0.2) is 0 Å². The van der Waals surface area contributed by atoms with Crippen LogP contribution in [0.15, 0.2) is 91.3 Å². The first kappa shape index (κ1) is 25.3. The molecule has 2 N–H and O–H groups in total. The Morgan fingerprint density at radius 1 is 0.829 bits per heavy atom. The first-order chi connectivity index (χ1) is 20.1. The topological polar surface area (TPSA) is 73.5 Å². The van der Waals surface area contributed by atoms with Crippen LogP contribution in [0.3, 0.4) is 0 Å². The molecule has 0 aliphatic carbocycles. The lowest BCUT2D eigenvalue weighted by Gasteiger charge is -2.31. The third-order valence-corrected chi connectivity index (χ3v) is 7.88. The van der Waals surface area contributed by atoms with Crippen molar-refractivity contribution in [2.75, 3.05) is 13.1 Å². The molecule has 1 fully saturated rings. The van der Waals surface area contributed by atoms with Crippen LogP contribution in [0.2, 0.25) is 0 Å². The van der Waals surface area contributed by atoms with Gasteiger partial charge >= 0.3 is 0 Å². The van der Waals surface area contributed by atoms with E-state index in [4.69, 9.17) is 4.98 Å². The van der Waals surface area contributed by atoms with Gasteiger partial charge in [0.2, 0.25) is 5.95 Å². The zero-order valence-corrected chi connectivity index (χ0v) is 22.3. The van der Waals surface area contributed by atoms with Crippen LogP contribution in [0.1, 0.15) is 30.1 Å². The first-order valence-corrected chi connectivity index (χ1v) is 13.8. The van der Waals surface area contributed by atoms with E-state index in [1.165, 1.54) is 17.7 Å². The molecule has 0 bridgehead atoms. The number of hydrogen-bond acceptors (Lipinski definition) is 4. The van der Waals surface area contributed by atoms with E-state index < -0.39 is 5.95 Å². The van der Waals surface area contributed by atoms with Gasteiger partial charge < -0.3 is 9.97 Å². The van der Waals surface area contributed by atoms with E-state index in [0.717, 1.165) is 66.0 Å². The van der Waals surface area contributed by atoms with Gasteiger partial charge in [-0.3, -0.25) is 4.90 Å². The van der Waals surface area contributed by atoms with Crippen LogP contribution in [-0.2, 0) is 6.54 Å². The lowest BCUT2D eigenvalue weighted by atomic mass is 9.95. The fourth-order valence-corrected chi connectivity index (χ4v) is 5.71. The number of rotatable bonds is 6. The van der Waals surface area contributed by atoms with Crippen molar-refractivity contribution in [3.63, 3.8) is 0 Å². The summed E-state index contributed by atoms with van der Waals surface area (Å²) in [7, 11) is 0. The molecule has 0 amide bonds. The molecule has 0 unspecified atom stereocenters. The largest absolute Gasteiger partial charge is 0.344 e. The van der Waals surface area contributed by atoms with Gasteiger partial charge in [0.25, 0.3) is 0 Å². The maximum absolute atomic E-state index is 15.2. The summed E-state index contributed by atoms with van der Waals surface area (Å²) in [5.74, 6) is 0.923. The Bertz CT molecular complexity index is 1790. The second kappa shape index (κ2) is 10.7. The Labute approximate surface area is 236 Å². The molecule has 3 aromatic carbocycles. The summed E-state index contributed by atoms with van der Waals surface area (Å²) in [6, 6.07) is 24.7. The number of nitrogens with one attached hydrogen (secondary N) is 2. The van der Waals surface area contributed by atoms with Crippen molar-refractivity contribution < 1.29 is 8.78 Å². The number of aromatic amines is 2. The third-order valence-electron chi connectivity index (χ3n) is 7.88. The zero-order chi connectivity index (χ0) is 27.8. The quantitative estimate of drug-likeness (QED) is 0.214. The molecule has 8 heteroatoms. The summed E-state index contributed by atoms with van der Waals surface area (Å²) in [4.78, 5) is 22.1. The SMILES string of the molecule is Fc1ccc2nc(C3CCN(Cc4ccc(-c5nc(F)c(-c6ncc[nH]6)cc5-c5ccccc5)cc4)CC3)[nH]c2c1. The van der Waals surface area contributed by atoms with Gasteiger partial charge in [0.05, 0.1) is 22.3 Å². The maximum Gasteiger partial charge on any atom is 0.224 e. The van der Waals surface area contributed by atoms with Crippen molar-refractivity contribution in [1.29, 1.82) is 0 Å². The van der Waals surface area contributed by atoms with Crippen LogP contribution in [0.4, 0.5) is 8.78 Å². The summed E-state index contributed by atoms with van der Waals surface area (Å²) < 4.78 is 28.8. The molecule has 0 saturated carbocycles. The van der Waals surface area contributed by atoms with Crippen molar-refractivity contribution in [2.24, 2.45) is 0 Å². The van der Waals surface area contributed by atoms with Gasteiger partial charge in [0.1, 0.15) is 17.5 Å². The molecule has 1 saturated heterocycles. The van der Waals surface area contributed by atoms with Crippen molar-refractivity contribution in [2.45, 2.75) is 25.3 Å². The molecule has 1 aliphatic heterocycles. The number of hydrogen-bond donors (Lipinski definition) is 2. The molecule has 1 aliphatic rings. The Morgan fingerprint density at radius 2 is 1.63 bits per heavy atom. The lowest BCUT2D eigenvalue weighted by molar-refractivity contribution is 0.202. The predicted molar refractivity (Wildman–Crippen MR) is 156 cm³/mol. The third kappa shape index (κ3) is 5.14. The lowest BCUT2D eigenvalue weighted by Crippen LogP contribution is -2.32. The Balaban J connectivity index is 1.08. The Morgan fingerprint density at radius 3 is 2.39 bits per heavy atom. The summed E-state index contributed by atoms with van der Waals surface area (Å²) in [5.41, 5.74) is 6.37. The van der Waals surface area contributed by atoms with E-state index in [1.807, 2.05) is 48.5 Å². The molecule has 0 radical (unpaired) electrons. The number of aromatic nitrogens is 5. The van der Waals surface area contributed by atoms with E-state index in [1.54, 1.807) is 18.5 Å². The monoisotopic (exact) mass is 546 g/mol. The highest BCUT2D eigenvalue weighted by Gasteiger charge is 2.23. The predicted octanol–water partition coefficient (Wildman–Crippen LogP) is 7.34. The van der Waals surface area contributed by atoms with Gasteiger partial charge in [-0.05, 0) is 61.3 Å². The van der Waals surface area contributed by atoms with Crippen LogP contribution in [0, 0.1) is 11.8 Å². The molecule has 6 aromatic rings. The van der Waals surface area contributed by atoms with Crippen molar-refractivity contribution in [1.82, 2.24) is 29.8 Å². The molecular weight excluding hydrogens is 518 g/mol. The van der Waals surface area contributed by atoms with Crippen LogP contribution < -0.4 is 0 Å². The van der Waals surface area contributed by atoms with Crippen molar-refractivity contribution >= 4 is 11.0 Å². The van der Waals surface area contributed by atoms with Crippen LogP contribution >= 0.6 is 0 Å². The van der Waals surface area contributed by atoms with E-state index in [9.17, 15) is 4.39 Å². The van der Waals surface area contributed by atoms with Gasteiger partial charge in [-0.1, -0.05) is 54.6 Å². The number of H-pyrrole nitrogens is 2. The second-order valence-electron chi connectivity index (χ2n) is 10.6. The average Bonchev–Trinajstić information content (AvgIpc) is 3.69. The molecule has 3 aromatic heterocycles. The van der Waals surface area contributed by atoms with Crippen LogP contribution in [-0.4, -0.2) is 42.9 Å². The van der Waals surface area contributed by atoms with E-state index in [2.05, 4.69) is 37.0 Å². The number of benzene rings is 3. The summed E-state index contributed by atoms with van der Waals surface area (Å²) in [5, 5.41) is 0. The Kier molecular flexibility index (Phi) is 6.60. The van der Waals surface area contributed by atoms with Crippen molar-refractivity contribution in [3.05, 3.63) is 114 Å².